The predicted octanol–water partition coefficient (Wildman–Crippen LogP) is 3.96. The summed E-state index contributed by atoms with van der Waals surface area (Å²) >= 11 is 0. The van der Waals surface area contributed by atoms with Crippen molar-refractivity contribution in [2.45, 2.75) is 52.0 Å². The van der Waals surface area contributed by atoms with Crippen molar-refractivity contribution in [3.8, 4) is 0 Å². The second-order valence-corrected chi connectivity index (χ2v) is 9.06. The van der Waals surface area contributed by atoms with Crippen LogP contribution in [-0.2, 0) is 14.8 Å². The Kier molecular flexibility index (Phi) is 7.81. The zero-order valence-electron chi connectivity index (χ0n) is 17.7. The molecule has 6 nitrogen and oxygen atoms in total. The summed E-state index contributed by atoms with van der Waals surface area (Å²) in [5.74, 6) is -0.308. The number of amides is 1. The highest BCUT2D eigenvalue weighted by atomic mass is 32.2. The molecule has 0 aliphatic rings. The number of anilines is 1. The SMILES string of the molecule is Cc1ccc(NS(=O)(=O)c2cc(C(=O)NCCCOC(C)C)ccc2C)cc1C. The molecular formula is C22H30N2O4S. The van der Waals surface area contributed by atoms with Crippen molar-refractivity contribution in [2.75, 3.05) is 17.9 Å². The molecule has 0 aliphatic carbocycles. The third kappa shape index (κ3) is 6.58. The number of aryl methyl sites for hydroxylation is 3. The van der Waals surface area contributed by atoms with E-state index >= 15 is 0 Å². The fraction of sp³-hybridized carbons (Fsp3) is 0.409. The number of hydrogen-bond donors (Lipinski definition) is 2. The molecule has 2 rings (SSSR count). The monoisotopic (exact) mass is 418 g/mol. The summed E-state index contributed by atoms with van der Waals surface area (Å²) in [6, 6.07) is 10.1. The van der Waals surface area contributed by atoms with Crippen molar-refractivity contribution in [3.05, 3.63) is 58.7 Å². The van der Waals surface area contributed by atoms with E-state index in [9.17, 15) is 13.2 Å². The first-order valence-electron chi connectivity index (χ1n) is 9.70. The maximum atomic E-state index is 12.9. The van der Waals surface area contributed by atoms with Gasteiger partial charge in [0, 0.05) is 24.4 Å². The highest BCUT2D eigenvalue weighted by Crippen LogP contribution is 2.22. The fourth-order valence-electron chi connectivity index (χ4n) is 2.74. The third-order valence-electron chi connectivity index (χ3n) is 4.56. The van der Waals surface area contributed by atoms with Gasteiger partial charge in [0.1, 0.15) is 0 Å². The second kappa shape index (κ2) is 9.89. The molecule has 2 aromatic rings. The van der Waals surface area contributed by atoms with Crippen molar-refractivity contribution in [2.24, 2.45) is 0 Å². The standard InChI is InChI=1S/C22H30N2O4S/c1-15(2)28-12-6-11-23-22(25)19-9-7-17(4)21(14-19)29(26,27)24-20-10-8-16(3)18(5)13-20/h7-10,13-15,24H,6,11-12H2,1-5H3,(H,23,25). The number of carbonyl (C=O) groups is 1. The summed E-state index contributed by atoms with van der Waals surface area (Å²) in [5.41, 5.74) is 3.45. The van der Waals surface area contributed by atoms with E-state index < -0.39 is 10.0 Å². The first-order chi connectivity index (χ1) is 13.6. The van der Waals surface area contributed by atoms with Crippen LogP contribution in [-0.4, -0.2) is 33.6 Å². The number of ether oxygens (including phenoxy) is 1. The molecule has 0 unspecified atom stereocenters. The average Bonchev–Trinajstić information content (AvgIpc) is 2.64. The van der Waals surface area contributed by atoms with Gasteiger partial charge in [-0.05, 0) is 82.0 Å². The van der Waals surface area contributed by atoms with Gasteiger partial charge in [0.2, 0.25) is 0 Å². The van der Waals surface area contributed by atoms with Crippen LogP contribution in [0.1, 0.15) is 47.3 Å². The molecule has 1 amide bonds. The van der Waals surface area contributed by atoms with E-state index in [1.54, 1.807) is 31.2 Å². The minimum absolute atomic E-state index is 0.0894. The third-order valence-corrected chi connectivity index (χ3v) is 6.08. The molecule has 0 fully saturated rings. The molecule has 0 bridgehead atoms. The van der Waals surface area contributed by atoms with Gasteiger partial charge in [0.05, 0.1) is 11.0 Å². The highest BCUT2D eigenvalue weighted by Gasteiger charge is 2.19. The summed E-state index contributed by atoms with van der Waals surface area (Å²) in [6.45, 7) is 10.5. The average molecular weight is 419 g/mol. The molecule has 29 heavy (non-hydrogen) atoms. The lowest BCUT2D eigenvalue weighted by molar-refractivity contribution is 0.0757. The van der Waals surface area contributed by atoms with E-state index in [1.807, 2.05) is 33.8 Å². The lowest BCUT2D eigenvalue weighted by Gasteiger charge is -2.13. The molecule has 2 aromatic carbocycles. The molecule has 7 heteroatoms. The van der Waals surface area contributed by atoms with Crippen molar-refractivity contribution >= 4 is 21.6 Å². The molecule has 0 aliphatic heterocycles. The summed E-state index contributed by atoms with van der Waals surface area (Å²) in [7, 11) is -3.82. The van der Waals surface area contributed by atoms with Gasteiger partial charge in [-0.3, -0.25) is 9.52 Å². The van der Waals surface area contributed by atoms with E-state index in [0.29, 0.717) is 36.4 Å². The summed E-state index contributed by atoms with van der Waals surface area (Å²) in [5, 5.41) is 2.80. The minimum Gasteiger partial charge on any atom is -0.379 e. The van der Waals surface area contributed by atoms with Crippen LogP contribution in [0.25, 0.3) is 0 Å². The first-order valence-corrected chi connectivity index (χ1v) is 11.2. The Balaban J connectivity index is 2.12. The lowest BCUT2D eigenvalue weighted by atomic mass is 10.1. The van der Waals surface area contributed by atoms with Gasteiger partial charge >= 0.3 is 0 Å². The van der Waals surface area contributed by atoms with E-state index in [4.69, 9.17) is 4.74 Å². The van der Waals surface area contributed by atoms with Gasteiger partial charge in [-0.1, -0.05) is 12.1 Å². The highest BCUT2D eigenvalue weighted by molar-refractivity contribution is 7.92. The van der Waals surface area contributed by atoms with Crippen LogP contribution in [0.15, 0.2) is 41.3 Å². The van der Waals surface area contributed by atoms with E-state index in [0.717, 1.165) is 11.1 Å². The van der Waals surface area contributed by atoms with Crippen LogP contribution in [0.3, 0.4) is 0 Å². The van der Waals surface area contributed by atoms with Crippen LogP contribution in [0.5, 0.6) is 0 Å². The molecule has 0 heterocycles. The number of nitrogens with one attached hydrogen (secondary N) is 2. The van der Waals surface area contributed by atoms with Gasteiger partial charge in [0.15, 0.2) is 0 Å². The van der Waals surface area contributed by atoms with Gasteiger partial charge in [-0.25, -0.2) is 8.42 Å². The Morgan fingerprint density at radius 1 is 1.00 bits per heavy atom. The van der Waals surface area contributed by atoms with Crippen LogP contribution < -0.4 is 10.0 Å². The van der Waals surface area contributed by atoms with E-state index in [1.165, 1.54) is 6.07 Å². The second-order valence-electron chi connectivity index (χ2n) is 7.41. The molecule has 0 saturated heterocycles. The molecule has 0 atom stereocenters. The van der Waals surface area contributed by atoms with Gasteiger partial charge in [0.25, 0.3) is 15.9 Å². The quantitative estimate of drug-likeness (QED) is 0.604. The lowest BCUT2D eigenvalue weighted by Crippen LogP contribution is -2.26. The Labute approximate surface area is 173 Å². The van der Waals surface area contributed by atoms with Crippen molar-refractivity contribution in [1.82, 2.24) is 5.32 Å². The number of rotatable bonds is 9. The van der Waals surface area contributed by atoms with Gasteiger partial charge < -0.3 is 10.1 Å². The maximum absolute atomic E-state index is 12.9. The number of sulfonamides is 1. The Bertz CT molecular complexity index is 969. The van der Waals surface area contributed by atoms with Gasteiger partial charge in [-0.15, -0.1) is 0 Å². The normalized spacial score (nSPS) is 11.5. The molecule has 2 N–H and O–H groups in total. The minimum atomic E-state index is -3.82. The van der Waals surface area contributed by atoms with Crippen LogP contribution >= 0.6 is 0 Å². The molecule has 0 aromatic heterocycles. The van der Waals surface area contributed by atoms with Crippen LogP contribution in [0, 0.1) is 20.8 Å². The predicted molar refractivity (Wildman–Crippen MR) is 116 cm³/mol. The Morgan fingerprint density at radius 3 is 2.34 bits per heavy atom. The molecular weight excluding hydrogens is 388 g/mol. The smallest absolute Gasteiger partial charge is 0.262 e. The molecule has 0 saturated carbocycles. The van der Waals surface area contributed by atoms with Crippen molar-refractivity contribution in [3.63, 3.8) is 0 Å². The summed E-state index contributed by atoms with van der Waals surface area (Å²) in [4.78, 5) is 12.5. The number of carbonyl (C=O) groups excluding carboxylic acids is 1. The van der Waals surface area contributed by atoms with Crippen molar-refractivity contribution < 1.29 is 17.9 Å². The van der Waals surface area contributed by atoms with Crippen molar-refractivity contribution in [1.29, 1.82) is 0 Å². The maximum Gasteiger partial charge on any atom is 0.262 e. The van der Waals surface area contributed by atoms with Crippen LogP contribution in [0.4, 0.5) is 5.69 Å². The van der Waals surface area contributed by atoms with Crippen LogP contribution in [0.2, 0.25) is 0 Å². The summed E-state index contributed by atoms with van der Waals surface area (Å²) in [6.07, 6.45) is 0.843. The zero-order valence-corrected chi connectivity index (χ0v) is 18.5. The first kappa shape index (κ1) is 22.9. The van der Waals surface area contributed by atoms with E-state index in [2.05, 4.69) is 10.0 Å². The number of hydrogen-bond acceptors (Lipinski definition) is 4. The molecule has 0 radical (unpaired) electrons. The van der Waals surface area contributed by atoms with Gasteiger partial charge in [-0.2, -0.15) is 0 Å². The number of benzene rings is 2. The topological polar surface area (TPSA) is 84.5 Å². The fourth-order valence-corrected chi connectivity index (χ4v) is 4.06. The van der Waals surface area contributed by atoms with E-state index in [-0.39, 0.29) is 16.9 Å². The summed E-state index contributed by atoms with van der Waals surface area (Å²) < 4.78 is 33.8. The largest absolute Gasteiger partial charge is 0.379 e. The Morgan fingerprint density at radius 2 is 1.69 bits per heavy atom. The molecule has 0 spiro atoms. The Hall–Kier alpha value is -2.38. The molecule has 158 valence electrons. The zero-order chi connectivity index (χ0) is 21.6.